The number of thiophene rings is 1. The van der Waals surface area contributed by atoms with Gasteiger partial charge in [-0.1, -0.05) is 0 Å². The average Bonchev–Trinajstić information content (AvgIpc) is 3.03. The van der Waals surface area contributed by atoms with Gasteiger partial charge < -0.3 is 15.3 Å². The SMILES string of the molecule is Cc1ccc(C(=O)NCC(=O)N2CCCC2C(=O)O)s1. The Morgan fingerprint density at radius 2 is 2.20 bits per heavy atom. The van der Waals surface area contributed by atoms with Gasteiger partial charge in [0.1, 0.15) is 6.04 Å². The Kier molecular flexibility index (Phi) is 4.39. The van der Waals surface area contributed by atoms with Crippen LogP contribution in [0, 0.1) is 6.92 Å². The van der Waals surface area contributed by atoms with Crippen molar-refractivity contribution in [2.75, 3.05) is 13.1 Å². The summed E-state index contributed by atoms with van der Waals surface area (Å²) in [5.41, 5.74) is 0. The van der Waals surface area contributed by atoms with Gasteiger partial charge in [-0.15, -0.1) is 11.3 Å². The third-order valence-corrected chi connectivity index (χ3v) is 4.22. The fourth-order valence-corrected chi connectivity index (χ4v) is 3.01. The molecule has 1 unspecified atom stereocenters. The lowest BCUT2D eigenvalue weighted by Gasteiger charge is -2.21. The minimum Gasteiger partial charge on any atom is -0.480 e. The maximum Gasteiger partial charge on any atom is 0.326 e. The standard InChI is InChI=1S/C13H16N2O4S/c1-8-4-5-10(20-8)12(17)14-7-11(16)15-6-2-3-9(15)13(18)19/h4-5,9H,2-3,6-7H2,1H3,(H,14,17)(H,18,19). The first kappa shape index (κ1) is 14.5. The van der Waals surface area contributed by atoms with Crippen molar-refractivity contribution in [2.45, 2.75) is 25.8 Å². The third kappa shape index (κ3) is 3.16. The molecule has 6 nitrogen and oxygen atoms in total. The fraction of sp³-hybridized carbons (Fsp3) is 0.462. The van der Waals surface area contributed by atoms with E-state index < -0.39 is 12.0 Å². The molecule has 2 rings (SSSR count). The minimum atomic E-state index is -0.990. The summed E-state index contributed by atoms with van der Waals surface area (Å²) in [5, 5.41) is 11.5. The zero-order chi connectivity index (χ0) is 14.7. The Labute approximate surface area is 120 Å². The van der Waals surface area contributed by atoms with Crippen molar-refractivity contribution in [3.05, 3.63) is 21.9 Å². The average molecular weight is 296 g/mol. The Hall–Kier alpha value is -1.89. The second-order valence-electron chi connectivity index (χ2n) is 4.68. The number of nitrogens with zero attached hydrogens (tertiary/aromatic N) is 1. The number of likely N-dealkylation sites (tertiary alicyclic amines) is 1. The number of aryl methyl sites for hydroxylation is 1. The van der Waals surface area contributed by atoms with E-state index in [2.05, 4.69) is 5.32 Å². The summed E-state index contributed by atoms with van der Waals surface area (Å²) in [6.07, 6.45) is 1.15. The van der Waals surface area contributed by atoms with E-state index in [4.69, 9.17) is 5.11 Å². The molecule has 0 aliphatic carbocycles. The molecule has 0 saturated carbocycles. The summed E-state index contributed by atoms with van der Waals surface area (Å²) in [6, 6.07) is 2.78. The number of aliphatic carboxylic acids is 1. The van der Waals surface area contributed by atoms with Crippen molar-refractivity contribution in [3.63, 3.8) is 0 Å². The normalized spacial score (nSPS) is 18.1. The maximum absolute atomic E-state index is 12.0. The molecule has 1 aliphatic rings. The first-order chi connectivity index (χ1) is 9.49. The minimum absolute atomic E-state index is 0.167. The van der Waals surface area contributed by atoms with Crippen LogP contribution in [0.15, 0.2) is 12.1 Å². The first-order valence-corrected chi connectivity index (χ1v) is 7.17. The second-order valence-corrected chi connectivity index (χ2v) is 5.96. The van der Waals surface area contributed by atoms with Crippen molar-refractivity contribution in [3.8, 4) is 0 Å². The molecule has 0 radical (unpaired) electrons. The Balaban J connectivity index is 1.89. The molecule has 0 spiro atoms. The fourth-order valence-electron chi connectivity index (χ4n) is 2.22. The number of hydrogen-bond acceptors (Lipinski definition) is 4. The monoisotopic (exact) mass is 296 g/mol. The molecule has 0 aromatic carbocycles. The number of carbonyl (C=O) groups is 3. The maximum atomic E-state index is 12.0. The molecule has 2 N–H and O–H groups in total. The summed E-state index contributed by atoms with van der Waals surface area (Å²) in [4.78, 5) is 37.6. The molecular formula is C13H16N2O4S. The Morgan fingerprint density at radius 3 is 2.80 bits per heavy atom. The van der Waals surface area contributed by atoms with Gasteiger partial charge in [0.25, 0.3) is 5.91 Å². The van der Waals surface area contributed by atoms with Crippen LogP contribution in [-0.4, -0.2) is 46.9 Å². The van der Waals surface area contributed by atoms with E-state index in [-0.39, 0.29) is 18.4 Å². The smallest absolute Gasteiger partial charge is 0.326 e. The summed E-state index contributed by atoms with van der Waals surface area (Å²) in [6.45, 7) is 2.16. The Bertz CT molecular complexity index is 540. The third-order valence-electron chi connectivity index (χ3n) is 3.22. The van der Waals surface area contributed by atoms with Crippen molar-refractivity contribution in [1.29, 1.82) is 0 Å². The number of carboxylic acid groups (broad SMARTS) is 1. The van der Waals surface area contributed by atoms with E-state index in [0.717, 1.165) is 4.88 Å². The quantitative estimate of drug-likeness (QED) is 0.863. The number of carboxylic acids is 1. The highest BCUT2D eigenvalue weighted by Crippen LogP contribution is 2.17. The van der Waals surface area contributed by atoms with Crippen LogP contribution < -0.4 is 5.32 Å². The molecule has 2 amide bonds. The highest BCUT2D eigenvalue weighted by atomic mass is 32.1. The predicted octanol–water partition coefficient (Wildman–Crippen LogP) is 0.862. The van der Waals surface area contributed by atoms with Crippen molar-refractivity contribution in [2.24, 2.45) is 0 Å². The van der Waals surface area contributed by atoms with Crippen LogP contribution in [0.1, 0.15) is 27.4 Å². The van der Waals surface area contributed by atoms with Crippen LogP contribution in [0.5, 0.6) is 0 Å². The predicted molar refractivity (Wildman–Crippen MR) is 73.8 cm³/mol. The van der Waals surface area contributed by atoms with Gasteiger partial charge in [-0.25, -0.2) is 4.79 Å². The molecule has 1 atom stereocenters. The summed E-state index contributed by atoms with van der Waals surface area (Å²) < 4.78 is 0. The van der Waals surface area contributed by atoms with Gasteiger partial charge in [0.15, 0.2) is 0 Å². The lowest BCUT2D eigenvalue weighted by Crippen LogP contribution is -2.45. The van der Waals surface area contributed by atoms with Gasteiger partial charge in [0.2, 0.25) is 5.91 Å². The molecule has 1 aromatic rings. The second kappa shape index (κ2) is 6.04. The summed E-state index contributed by atoms with van der Waals surface area (Å²) >= 11 is 1.35. The molecule has 1 aliphatic heterocycles. The van der Waals surface area contributed by atoms with Gasteiger partial charge in [-0.2, -0.15) is 0 Å². The van der Waals surface area contributed by atoms with E-state index in [1.54, 1.807) is 6.07 Å². The van der Waals surface area contributed by atoms with Gasteiger partial charge in [0.05, 0.1) is 11.4 Å². The van der Waals surface area contributed by atoms with Crippen LogP contribution in [0.4, 0.5) is 0 Å². The van der Waals surface area contributed by atoms with Crippen molar-refractivity contribution >= 4 is 29.1 Å². The molecule has 7 heteroatoms. The van der Waals surface area contributed by atoms with Gasteiger partial charge in [-0.3, -0.25) is 9.59 Å². The molecule has 1 saturated heterocycles. The van der Waals surface area contributed by atoms with Gasteiger partial charge in [-0.05, 0) is 31.9 Å². The lowest BCUT2D eigenvalue weighted by molar-refractivity contribution is -0.147. The van der Waals surface area contributed by atoms with Gasteiger partial charge >= 0.3 is 5.97 Å². The molecule has 0 bridgehead atoms. The highest BCUT2D eigenvalue weighted by molar-refractivity contribution is 7.13. The number of hydrogen-bond donors (Lipinski definition) is 2. The molecule has 1 fully saturated rings. The van der Waals surface area contributed by atoms with Crippen molar-refractivity contribution < 1.29 is 19.5 Å². The number of rotatable bonds is 4. The van der Waals surface area contributed by atoms with Crippen LogP contribution in [-0.2, 0) is 9.59 Å². The summed E-state index contributed by atoms with van der Waals surface area (Å²) in [7, 11) is 0. The van der Waals surface area contributed by atoms with Crippen molar-refractivity contribution in [1.82, 2.24) is 10.2 Å². The lowest BCUT2D eigenvalue weighted by atomic mass is 10.2. The number of carbonyl (C=O) groups excluding carboxylic acids is 2. The highest BCUT2D eigenvalue weighted by Gasteiger charge is 2.33. The topological polar surface area (TPSA) is 86.7 Å². The van der Waals surface area contributed by atoms with E-state index in [9.17, 15) is 14.4 Å². The first-order valence-electron chi connectivity index (χ1n) is 6.36. The van der Waals surface area contributed by atoms with E-state index >= 15 is 0 Å². The van der Waals surface area contributed by atoms with E-state index in [1.165, 1.54) is 16.2 Å². The zero-order valence-electron chi connectivity index (χ0n) is 11.1. The summed E-state index contributed by atoms with van der Waals surface area (Å²) in [5.74, 6) is -1.64. The molecule has 2 heterocycles. The largest absolute Gasteiger partial charge is 0.480 e. The molecule has 20 heavy (non-hydrogen) atoms. The number of amides is 2. The zero-order valence-corrected chi connectivity index (χ0v) is 11.9. The molecular weight excluding hydrogens is 280 g/mol. The van der Waals surface area contributed by atoms with Crippen LogP contribution >= 0.6 is 11.3 Å². The van der Waals surface area contributed by atoms with Crippen LogP contribution in [0.3, 0.4) is 0 Å². The van der Waals surface area contributed by atoms with Gasteiger partial charge in [0, 0.05) is 11.4 Å². The van der Waals surface area contributed by atoms with Crippen LogP contribution in [0.2, 0.25) is 0 Å². The Morgan fingerprint density at radius 1 is 1.45 bits per heavy atom. The van der Waals surface area contributed by atoms with Crippen LogP contribution in [0.25, 0.3) is 0 Å². The van der Waals surface area contributed by atoms with E-state index in [0.29, 0.717) is 24.3 Å². The molecule has 1 aromatic heterocycles. The van der Waals surface area contributed by atoms with E-state index in [1.807, 2.05) is 13.0 Å². The number of nitrogens with one attached hydrogen (secondary N) is 1. The molecule has 108 valence electrons.